The molecule has 5 nitrogen and oxygen atoms in total. The van der Waals surface area contributed by atoms with Crippen LogP contribution in [-0.4, -0.2) is 28.4 Å². The SMILES string of the molecule is NCc1cc(CN2CCCC2C(N)=O)ccn1. The van der Waals surface area contributed by atoms with Crippen LogP contribution in [0.3, 0.4) is 0 Å². The Morgan fingerprint density at radius 2 is 2.41 bits per heavy atom. The lowest BCUT2D eigenvalue weighted by Crippen LogP contribution is -2.39. The van der Waals surface area contributed by atoms with E-state index < -0.39 is 0 Å². The number of primary amides is 1. The number of nitrogens with two attached hydrogens (primary N) is 2. The Morgan fingerprint density at radius 3 is 3.12 bits per heavy atom. The first-order valence-corrected chi connectivity index (χ1v) is 5.88. The van der Waals surface area contributed by atoms with Crippen molar-refractivity contribution in [2.75, 3.05) is 6.54 Å². The van der Waals surface area contributed by atoms with E-state index in [4.69, 9.17) is 11.5 Å². The second-order valence-electron chi connectivity index (χ2n) is 4.39. The van der Waals surface area contributed by atoms with Crippen LogP contribution in [0.2, 0.25) is 0 Å². The molecule has 1 saturated heterocycles. The normalized spacial score (nSPS) is 20.6. The topological polar surface area (TPSA) is 85.2 Å². The highest BCUT2D eigenvalue weighted by Gasteiger charge is 2.28. The summed E-state index contributed by atoms with van der Waals surface area (Å²) < 4.78 is 0. The van der Waals surface area contributed by atoms with E-state index in [2.05, 4.69) is 9.88 Å². The molecular weight excluding hydrogens is 216 g/mol. The summed E-state index contributed by atoms with van der Waals surface area (Å²) in [5.74, 6) is -0.226. The van der Waals surface area contributed by atoms with Gasteiger partial charge in [0.05, 0.1) is 11.7 Å². The van der Waals surface area contributed by atoms with Crippen LogP contribution in [0.5, 0.6) is 0 Å². The van der Waals surface area contributed by atoms with Crippen LogP contribution in [0, 0.1) is 0 Å². The fourth-order valence-electron chi connectivity index (χ4n) is 2.31. The number of rotatable bonds is 4. The van der Waals surface area contributed by atoms with Gasteiger partial charge in [-0.25, -0.2) is 0 Å². The van der Waals surface area contributed by atoms with Crippen molar-refractivity contribution < 1.29 is 4.79 Å². The first-order valence-electron chi connectivity index (χ1n) is 5.88. The van der Waals surface area contributed by atoms with Gasteiger partial charge in [0.15, 0.2) is 0 Å². The highest BCUT2D eigenvalue weighted by molar-refractivity contribution is 5.80. The molecule has 1 amide bonds. The number of pyridine rings is 1. The molecule has 1 fully saturated rings. The van der Waals surface area contributed by atoms with Crippen molar-refractivity contribution in [3.05, 3.63) is 29.6 Å². The molecule has 2 rings (SSSR count). The molecule has 0 aromatic carbocycles. The van der Waals surface area contributed by atoms with Gasteiger partial charge >= 0.3 is 0 Å². The average molecular weight is 234 g/mol. The maximum atomic E-state index is 11.3. The molecule has 1 unspecified atom stereocenters. The molecule has 1 aliphatic rings. The molecule has 92 valence electrons. The van der Waals surface area contributed by atoms with Crippen molar-refractivity contribution >= 4 is 5.91 Å². The van der Waals surface area contributed by atoms with Crippen LogP contribution in [0.4, 0.5) is 0 Å². The molecule has 0 spiro atoms. The molecule has 1 atom stereocenters. The predicted octanol–water partition coefficient (Wildman–Crippen LogP) is -0.01000. The Kier molecular flexibility index (Phi) is 3.71. The summed E-state index contributed by atoms with van der Waals surface area (Å²) in [7, 11) is 0. The van der Waals surface area contributed by atoms with Gasteiger partial charge in [0.2, 0.25) is 5.91 Å². The molecule has 0 bridgehead atoms. The first kappa shape index (κ1) is 12.0. The largest absolute Gasteiger partial charge is 0.368 e. The summed E-state index contributed by atoms with van der Waals surface area (Å²) in [6, 6.07) is 3.82. The second kappa shape index (κ2) is 5.25. The predicted molar refractivity (Wildman–Crippen MR) is 64.8 cm³/mol. The number of nitrogens with zero attached hydrogens (tertiary/aromatic N) is 2. The van der Waals surface area contributed by atoms with Crippen LogP contribution < -0.4 is 11.5 Å². The molecule has 4 N–H and O–H groups in total. The fourth-order valence-corrected chi connectivity index (χ4v) is 2.31. The van der Waals surface area contributed by atoms with Gasteiger partial charge in [-0.3, -0.25) is 14.7 Å². The van der Waals surface area contributed by atoms with Crippen molar-refractivity contribution in [1.82, 2.24) is 9.88 Å². The zero-order valence-electron chi connectivity index (χ0n) is 9.80. The van der Waals surface area contributed by atoms with Crippen LogP contribution in [0.25, 0.3) is 0 Å². The lowest BCUT2D eigenvalue weighted by Gasteiger charge is -2.21. The zero-order valence-corrected chi connectivity index (χ0v) is 9.80. The molecule has 1 aromatic heterocycles. The first-order chi connectivity index (χ1) is 8.20. The number of hydrogen-bond acceptors (Lipinski definition) is 4. The second-order valence-corrected chi connectivity index (χ2v) is 4.39. The van der Waals surface area contributed by atoms with Gasteiger partial charge in [-0.15, -0.1) is 0 Å². The molecule has 1 aliphatic heterocycles. The van der Waals surface area contributed by atoms with Gasteiger partial charge in [0.25, 0.3) is 0 Å². The van der Waals surface area contributed by atoms with Gasteiger partial charge in [0.1, 0.15) is 0 Å². The van der Waals surface area contributed by atoms with E-state index in [0.717, 1.165) is 37.2 Å². The minimum atomic E-state index is -0.226. The van der Waals surface area contributed by atoms with Gasteiger partial charge in [0, 0.05) is 19.3 Å². The van der Waals surface area contributed by atoms with E-state index in [9.17, 15) is 4.79 Å². The number of carbonyl (C=O) groups excluding carboxylic acids is 1. The van der Waals surface area contributed by atoms with E-state index in [-0.39, 0.29) is 11.9 Å². The molecule has 17 heavy (non-hydrogen) atoms. The molecule has 5 heteroatoms. The lowest BCUT2D eigenvalue weighted by molar-refractivity contribution is -0.122. The Labute approximate surface area is 101 Å². The monoisotopic (exact) mass is 234 g/mol. The number of hydrogen-bond donors (Lipinski definition) is 2. The van der Waals surface area contributed by atoms with E-state index in [1.54, 1.807) is 6.20 Å². The van der Waals surface area contributed by atoms with E-state index >= 15 is 0 Å². The minimum Gasteiger partial charge on any atom is -0.368 e. The molecule has 0 radical (unpaired) electrons. The molecular formula is C12H18N4O. The van der Waals surface area contributed by atoms with Crippen molar-refractivity contribution in [2.45, 2.75) is 32.0 Å². The zero-order chi connectivity index (χ0) is 12.3. The number of likely N-dealkylation sites (tertiary alicyclic amines) is 1. The van der Waals surface area contributed by atoms with Crippen LogP contribution in [-0.2, 0) is 17.9 Å². The fraction of sp³-hybridized carbons (Fsp3) is 0.500. The summed E-state index contributed by atoms with van der Waals surface area (Å²) in [5.41, 5.74) is 12.9. The smallest absolute Gasteiger partial charge is 0.234 e. The van der Waals surface area contributed by atoms with Gasteiger partial charge < -0.3 is 11.5 Å². The van der Waals surface area contributed by atoms with Gasteiger partial charge in [-0.2, -0.15) is 0 Å². The molecule has 1 aromatic rings. The van der Waals surface area contributed by atoms with Crippen LogP contribution in [0.1, 0.15) is 24.1 Å². The maximum absolute atomic E-state index is 11.3. The van der Waals surface area contributed by atoms with E-state index in [1.807, 2.05) is 12.1 Å². The van der Waals surface area contributed by atoms with Gasteiger partial charge in [-0.05, 0) is 37.1 Å². The summed E-state index contributed by atoms with van der Waals surface area (Å²) in [5, 5.41) is 0. The summed E-state index contributed by atoms with van der Waals surface area (Å²) >= 11 is 0. The third-order valence-corrected chi connectivity index (χ3v) is 3.17. The lowest BCUT2D eigenvalue weighted by atomic mass is 10.2. The van der Waals surface area contributed by atoms with Gasteiger partial charge in [-0.1, -0.05) is 0 Å². The Bertz CT molecular complexity index is 407. The van der Waals surface area contributed by atoms with E-state index in [0.29, 0.717) is 6.54 Å². The molecule has 2 heterocycles. The number of carbonyl (C=O) groups is 1. The van der Waals surface area contributed by atoms with Crippen molar-refractivity contribution in [3.63, 3.8) is 0 Å². The summed E-state index contributed by atoms with van der Waals surface area (Å²) in [4.78, 5) is 17.5. The van der Waals surface area contributed by atoms with Crippen molar-refractivity contribution in [3.8, 4) is 0 Å². The van der Waals surface area contributed by atoms with Crippen LogP contribution >= 0.6 is 0 Å². The molecule has 0 saturated carbocycles. The standard InChI is InChI=1S/C12H18N4O/c13-7-10-6-9(3-4-15-10)8-16-5-1-2-11(16)12(14)17/h3-4,6,11H,1-2,5,7-8,13H2,(H2,14,17). The quantitative estimate of drug-likeness (QED) is 0.767. The summed E-state index contributed by atoms with van der Waals surface area (Å²) in [6.07, 6.45) is 3.65. The summed E-state index contributed by atoms with van der Waals surface area (Å²) in [6.45, 7) is 2.10. The highest BCUT2D eigenvalue weighted by Crippen LogP contribution is 2.19. The van der Waals surface area contributed by atoms with Crippen molar-refractivity contribution in [2.24, 2.45) is 11.5 Å². The Balaban J connectivity index is 2.06. The number of aromatic nitrogens is 1. The maximum Gasteiger partial charge on any atom is 0.234 e. The minimum absolute atomic E-state index is 0.121. The average Bonchev–Trinajstić information content (AvgIpc) is 2.77. The van der Waals surface area contributed by atoms with Crippen molar-refractivity contribution in [1.29, 1.82) is 0 Å². The van der Waals surface area contributed by atoms with Crippen LogP contribution in [0.15, 0.2) is 18.3 Å². The van der Waals surface area contributed by atoms with E-state index in [1.165, 1.54) is 0 Å². The third-order valence-electron chi connectivity index (χ3n) is 3.17. The number of amides is 1. The Morgan fingerprint density at radius 1 is 1.59 bits per heavy atom. The third kappa shape index (κ3) is 2.81. The Hall–Kier alpha value is -1.46. The highest BCUT2D eigenvalue weighted by atomic mass is 16.1. The molecule has 0 aliphatic carbocycles.